The van der Waals surface area contributed by atoms with E-state index in [-0.39, 0.29) is 0 Å². The molecule has 0 aliphatic carbocycles. The first-order chi connectivity index (χ1) is 10.7. The van der Waals surface area contributed by atoms with Crippen LogP contribution in [0.15, 0.2) is 54.6 Å². The number of fused-ring (bicyclic) bond motifs is 1. The first-order valence-corrected chi connectivity index (χ1v) is 6.95. The third kappa shape index (κ3) is 2.58. The number of rotatable bonds is 5. The van der Waals surface area contributed by atoms with Crippen LogP contribution in [0.4, 0.5) is 0 Å². The number of aromatic nitrogens is 2. The molecular formula is C17H16N2O3. The fraction of sp³-hybridized carbons (Fsp3) is 0.176. The van der Waals surface area contributed by atoms with Crippen molar-refractivity contribution < 1.29 is 14.6 Å². The molecule has 112 valence electrons. The second-order valence-corrected chi connectivity index (χ2v) is 5.00. The summed E-state index contributed by atoms with van der Waals surface area (Å²) in [6, 6.07) is 17.5. The highest BCUT2D eigenvalue weighted by molar-refractivity contribution is 5.87. The van der Waals surface area contributed by atoms with Crippen molar-refractivity contribution in [1.29, 1.82) is 0 Å². The molecular weight excluding hydrogens is 280 g/mol. The second kappa shape index (κ2) is 5.99. The van der Waals surface area contributed by atoms with Crippen molar-refractivity contribution in [3.63, 3.8) is 0 Å². The molecule has 0 spiro atoms. The van der Waals surface area contributed by atoms with Gasteiger partial charge < -0.3 is 9.84 Å². The molecule has 0 saturated heterocycles. The van der Waals surface area contributed by atoms with Crippen LogP contribution in [0.25, 0.3) is 10.9 Å². The lowest BCUT2D eigenvalue weighted by Gasteiger charge is -2.07. The predicted molar refractivity (Wildman–Crippen MR) is 82.7 cm³/mol. The van der Waals surface area contributed by atoms with E-state index < -0.39 is 12.1 Å². The van der Waals surface area contributed by atoms with Crippen LogP contribution < -0.4 is 0 Å². The van der Waals surface area contributed by atoms with E-state index in [1.165, 1.54) is 7.11 Å². The normalized spacial score (nSPS) is 12.4. The monoisotopic (exact) mass is 296 g/mol. The van der Waals surface area contributed by atoms with Crippen molar-refractivity contribution in [3.05, 3.63) is 65.9 Å². The number of carboxylic acid groups (broad SMARTS) is 1. The summed E-state index contributed by atoms with van der Waals surface area (Å²) < 4.78 is 6.91. The fourth-order valence-electron chi connectivity index (χ4n) is 2.55. The van der Waals surface area contributed by atoms with Crippen molar-refractivity contribution in [3.8, 4) is 0 Å². The Labute approximate surface area is 127 Å². The molecule has 0 radical (unpaired) electrons. The molecule has 0 aliphatic heterocycles. The molecule has 3 rings (SSSR count). The van der Waals surface area contributed by atoms with E-state index in [0.717, 1.165) is 16.5 Å². The molecule has 3 aromatic rings. The average molecular weight is 296 g/mol. The molecule has 0 aliphatic rings. The Bertz CT molecular complexity index is 796. The number of aliphatic carboxylic acids is 1. The Morgan fingerprint density at radius 2 is 1.86 bits per heavy atom. The SMILES string of the molecule is COC(C(=O)O)c1nn(Cc2ccccc2)c2ccccc12. The van der Waals surface area contributed by atoms with Crippen LogP contribution in [0, 0.1) is 0 Å². The number of hydrogen-bond acceptors (Lipinski definition) is 3. The Morgan fingerprint density at radius 3 is 2.55 bits per heavy atom. The van der Waals surface area contributed by atoms with E-state index >= 15 is 0 Å². The van der Waals surface area contributed by atoms with Gasteiger partial charge in [-0.3, -0.25) is 4.68 Å². The number of para-hydroxylation sites is 1. The minimum absolute atomic E-state index is 0.432. The minimum Gasteiger partial charge on any atom is -0.479 e. The van der Waals surface area contributed by atoms with E-state index in [2.05, 4.69) is 5.10 Å². The molecule has 1 aromatic heterocycles. The molecule has 0 saturated carbocycles. The molecule has 1 N–H and O–H groups in total. The fourth-order valence-corrected chi connectivity index (χ4v) is 2.55. The van der Waals surface area contributed by atoms with Gasteiger partial charge in [0, 0.05) is 12.5 Å². The van der Waals surface area contributed by atoms with E-state index in [0.29, 0.717) is 12.2 Å². The van der Waals surface area contributed by atoms with Crippen molar-refractivity contribution in [1.82, 2.24) is 9.78 Å². The summed E-state index contributed by atoms with van der Waals surface area (Å²) in [4.78, 5) is 11.4. The zero-order chi connectivity index (χ0) is 15.5. The lowest BCUT2D eigenvalue weighted by atomic mass is 10.1. The topological polar surface area (TPSA) is 64.3 Å². The Balaban J connectivity index is 2.10. The number of ether oxygens (including phenoxy) is 1. The molecule has 0 fully saturated rings. The standard InChI is InChI=1S/C17H16N2O3/c1-22-16(17(20)21)15-13-9-5-6-10-14(13)19(18-15)11-12-7-3-2-4-8-12/h2-10,16H,11H2,1H3,(H,20,21). The summed E-state index contributed by atoms with van der Waals surface area (Å²) in [5, 5.41) is 14.6. The van der Waals surface area contributed by atoms with Gasteiger partial charge in [-0.15, -0.1) is 0 Å². The Hall–Kier alpha value is -2.66. The van der Waals surface area contributed by atoms with Gasteiger partial charge in [0.1, 0.15) is 5.69 Å². The average Bonchev–Trinajstić information content (AvgIpc) is 2.88. The summed E-state index contributed by atoms with van der Waals surface area (Å²) in [5.41, 5.74) is 2.43. The maximum absolute atomic E-state index is 11.4. The van der Waals surface area contributed by atoms with Gasteiger partial charge in [0.15, 0.2) is 6.10 Å². The number of carbonyl (C=O) groups is 1. The summed E-state index contributed by atoms with van der Waals surface area (Å²) in [6.45, 7) is 0.581. The molecule has 5 nitrogen and oxygen atoms in total. The number of methoxy groups -OCH3 is 1. The van der Waals surface area contributed by atoms with Gasteiger partial charge in [-0.05, 0) is 11.6 Å². The first kappa shape index (κ1) is 14.3. The van der Waals surface area contributed by atoms with Crippen LogP contribution in [0.1, 0.15) is 17.4 Å². The summed E-state index contributed by atoms with van der Waals surface area (Å²) in [7, 11) is 1.38. The zero-order valence-corrected chi connectivity index (χ0v) is 12.1. The molecule has 1 atom stereocenters. The molecule has 0 amide bonds. The van der Waals surface area contributed by atoms with Gasteiger partial charge in [-0.2, -0.15) is 5.10 Å². The van der Waals surface area contributed by atoms with Crippen molar-refractivity contribution in [2.75, 3.05) is 7.11 Å². The highest BCUT2D eigenvalue weighted by Gasteiger charge is 2.25. The van der Waals surface area contributed by atoms with E-state index in [1.807, 2.05) is 59.3 Å². The number of hydrogen-bond donors (Lipinski definition) is 1. The summed E-state index contributed by atoms with van der Waals surface area (Å²) >= 11 is 0. The first-order valence-electron chi connectivity index (χ1n) is 6.95. The second-order valence-electron chi connectivity index (χ2n) is 5.00. The van der Waals surface area contributed by atoms with E-state index in [1.54, 1.807) is 0 Å². The maximum Gasteiger partial charge on any atom is 0.339 e. The molecule has 0 bridgehead atoms. The quantitative estimate of drug-likeness (QED) is 0.786. The van der Waals surface area contributed by atoms with E-state index in [4.69, 9.17) is 4.74 Å². The third-order valence-corrected chi connectivity index (χ3v) is 3.57. The maximum atomic E-state index is 11.4. The molecule has 5 heteroatoms. The summed E-state index contributed by atoms with van der Waals surface area (Å²) in [6.07, 6.45) is -1.07. The number of carboxylic acids is 1. The zero-order valence-electron chi connectivity index (χ0n) is 12.1. The molecule has 2 aromatic carbocycles. The third-order valence-electron chi connectivity index (χ3n) is 3.57. The lowest BCUT2D eigenvalue weighted by molar-refractivity contribution is -0.149. The minimum atomic E-state index is -1.07. The van der Waals surface area contributed by atoms with Crippen molar-refractivity contribution in [2.24, 2.45) is 0 Å². The summed E-state index contributed by atoms with van der Waals surface area (Å²) in [5.74, 6) is -1.04. The Morgan fingerprint density at radius 1 is 1.18 bits per heavy atom. The highest BCUT2D eigenvalue weighted by atomic mass is 16.5. The van der Waals surface area contributed by atoms with Gasteiger partial charge >= 0.3 is 5.97 Å². The van der Waals surface area contributed by atoms with Crippen LogP contribution >= 0.6 is 0 Å². The van der Waals surface area contributed by atoms with Crippen molar-refractivity contribution >= 4 is 16.9 Å². The molecule has 1 heterocycles. The van der Waals surface area contributed by atoms with Crippen LogP contribution in [0.5, 0.6) is 0 Å². The van der Waals surface area contributed by atoms with Gasteiger partial charge in [-0.1, -0.05) is 48.5 Å². The van der Waals surface area contributed by atoms with Crippen LogP contribution in [-0.2, 0) is 16.1 Å². The molecule has 22 heavy (non-hydrogen) atoms. The Kier molecular flexibility index (Phi) is 3.89. The van der Waals surface area contributed by atoms with Crippen LogP contribution in [0.3, 0.4) is 0 Å². The van der Waals surface area contributed by atoms with Crippen LogP contribution in [-0.4, -0.2) is 28.0 Å². The smallest absolute Gasteiger partial charge is 0.339 e. The predicted octanol–water partition coefficient (Wildman–Crippen LogP) is 2.86. The van der Waals surface area contributed by atoms with E-state index in [9.17, 15) is 9.90 Å². The largest absolute Gasteiger partial charge is 0.479 e. The van der Waals surface area contributed by atoms with Gasteiger partial charge in [-0.25, -0.2) is 4.79 Å². The highest BCUT2D eigenvalue weighted by Crippen LogP contribution is 2.26. The lowest BCUT2D eigenvalue weighted by Crippen LogP contribution is -2.15. The number of benzene rings is 2. The molecule has 1 unspecified atom stereocenters. The van der Waals surface area contributed by atoms with Crippen LogP contribution in [0.2, 0.25) is 0 Å². The van der Waals surface area contributed by atoms with Gasteiger partial charge in [0.25, 0.3) is 0 Å². The number of nitrogens with zero attached hydrogens (tertiary/aromatic N) is 2. The van der Waals surface area contributed by atoms with Crippen molar-refractivity contribution in [2.45, 2.75) is 12.6 Å². The van der Waals surface area contributed by atoms with Gasteiger partial charge in [0.2, 0.25) is 0 Å². The van der Waals surface area contributed by atoms with Gasteiger partial charge in [0.05, 0.1) is 12.1 Å².